The number of thioether (sulfide) groups is 1. The maximum atomic E-state index is 12.5. The van der Waals surface area contributed by atoms with E-state index in [2.05, 4.69) is 21.4 Å². The minimum Gasteiger partial charge on any atom is -0.313 e. The number of hydrogen-bond donors (Lipinski definition) is 2. The van der Waals surface area contributed by atoms with E-state index in [9.17, 15) is 14.4 Å². The second-order valence-electron chi connectivity index (χ2n) is 8.04. The summed E-state index contributed by atoms with van der Waals surface area (Å²) in [5, 5.41) is 2.92. The first kappa shape index (κ1) is 21.3. The summed E-state index contributed by atoms with van der Waals surface area (Å²) < 4.78 is 1.70. The second-order valence-corrected chi connectivity index (χ2v) is 11.2. The number of carbonyl (C=O) groups excluding carboxylic acids is 2. The van der Waals surface area contributed by atoms with Gasteiger partial charge in [-0.3, -0.25) is 24.7 Å². The molecule has 34 heavy (non-hydrogen) atoms. The van der Waals surface area contributed by atoms with Gasteiger partial charge in [0.15, 0.2) is 0 Å². The third-order valence-electron chi connectivity index (χ3n) is 5.81. The highest BCUT2D eigenvalue weighted by Crippen LogP contribution is 2.35. The molecule has 2 aliphatic rings. The van der Waals surface area contributed by atoms with Gasteiger partial charge in [0.25, 0.3) is 16.7 Å². The van der Waals surface area contributed by atoms with E-state index in [1.54, 1.807) is 23.6 Å². The highest BCUT2D eigenvalue weighted by Gasteiger charge is 2.25. The number of pyridine rings is 1. The molecule has 1 aliphatic heterocycles. The molecule has 3 aromatic heterocycles. The average molecular weight is 504 g/mol. The highest BCUT2D eigenvalue weighted by molar-refractivity contribution is 8.18. The quantitative estimate of drug-likeness (QED) is 0.409. The van der Waals surface area contributed by atoms with E-state index in [1.807, 2.05) is 36.4 Å². The Kier molecular flexibility index (Phi) is 5.32. The van der Waals surface area contributed by atoms with Crippen LogP contribution in [0.25, 0.3) is 39.1 Å². The Bertz CT molecular complexity index is 1700. The van der Waals surface area contributed by atoms with Gasteiger partial charge in [0.05, 0.1) is 19.6 Å². The van der Waals surface area contributed by atoms with Crippen molar-refractivity contribution in [3.05, 3.63) is 77.5 Å². The number of rotatable bonds is 3. The number of aromatic nitrogens is 2. The molecular formula is C25H17N3O3S3. The van der Waals surface area contributed by atoms with Gasteiger partial charge in [0.1, 0.15) is 0 Å². The van der Waals surface area contributed by atoms with Crippen LogP contribution in [-0.4, -0.2) is 21.1 Å². The van der Waals surface area contributed by atoms with Crippen LogP contribution in [0.2, 0.25) is 0 Å². The van der Waals surface area contributed by atoms with Crippen molar-refractivity contribution < 1.29 is 9.59 Å². The number of thiophene rings is 1. The second kappa shape index (κ2) is 8.50. The first-order valence-corrected chi connectivity index (χ1v) is 13.2. The van der Waals surface area contributed by atoms with Gasteiger partial charge in [-0.05, 0) is 84.6 Å². The lowest BCUT2D eigenvalue weighted by molar-refractivity contribution is -0.115. The van der Waals surface area contributed by atoms with Gasteiger partial charge in [-0.1, -0.05) is 6.07 Å². The molecule has 0 atom stereocenters. The summed E-state index contributed by atoms with van der Waals surface area (Å²) in [6.45, 7) is 0. The number of amides is 2. The molecule has 1 saturated heterocycles. The number of thiazole rings is 1. The third kappa shape index (κ3) is 3.96. The molecule has 4 heterocycles. The number of aromatic amines is 1. The van der Waals surface area contributed by atoms with Crippen molar-refractivity contribution in [2.45, 2.75) is 19.3 Å². The minimum absolute atomic E-state index is 0.0471. The number of nitrogens with zero attached hydrogens (tertiary/aromatic N) is 1. The van der Waals surface area contributed by atoms with E-state index in [-0.39, 0.29) is 16.7 Å². The molecule has 168 valence electrons. The van der Waals surface area contributed by atoms with Crippen LogP contribution in [0.15, 0.2) is 52.3 Å². The monoisotopic (exact) mass is 503 g/mol. The van der Waals surface area contributed by atoms with Gasteiger partial charge in [-0.2, -0.15) is 0 Å². The minimum atomic E-state index is -0.359. The number of nitrogens with one attached hydrogen (secondary N) is 2. The largest absolute Gasteiger partial charge is 0.313 e. The molecule has 6 rings (SSSR count). The van der Waals surface area contributed by atoms with Gasteiger partial charge >= 0.3 is 0 Å². The summed E-state index contributed by atoms with van der Waals surface area (Å²) >= 11 is 3.98. The standard InChI is InChI=1S/C25H17N3O3S3/c29-22-20(33-24(27-22)14-2-1-3-14)11-13-4-6-18-17(10-13)16(8-9-26-18)19-7-5-15(32-19)12-21-23(30)28-25(31)34-21/h4-12H,1-3H2,(H,27,29)(H,28,30,31)/b20-11-,21-12-. The molecule has 0 bridgehead atoms. The van der Waals surface area contributed by atoms with Crippen LogP contribution in [0.3, 0.4) is 0 Å². The van der Waals surface area contributed by atoms with Gasteiger partial charge < -0.3 is 4.98 Å². The summed E-state index contributed by atoms with van der Waals surface area (Å²) in [5.74, 6) is -0.359. The van der Waals surface area contributed by atoms with Crippen molar-refractivity contribution in [1.29, 1.82) is 0 Å². The van der Waals surface area contributed by atoms with E-state index >= 15 is 0 Å². The summed E-state index contributed by atoms with van der Waals surface area (Å²) in [4.78, 5) is 45.6. The lowest BCUT2D eigenvalue weighted by Crippen LogP contribution is -2.20. The third-order valence-corrected chi connectivity index (χ3v) is 8.81. The number of H-pyrrole nitrogens is 1. The van der Waals surface area contributed by atoms with Crippen molar-refractivity contribution in [2.24, 2.45) is 0 Å². The number of fused-ring (bicyclic) bond motifs is 1. The van der Waals surface area contributed by atoms with Crippen LogP contribution in [-0.2, 0) is 4.79 Å². The predicted octanol–water partition coefficient (Wildman–Crippen LogP) is 4.20. The fraction of sp³-hybridized carbons (Fsp3) is 0.120. The molecule has 0 unspecified atom stereocenters. The zero-order valence-electron chi connectivity index (χ0n) is 17.7. The van der Waals surface area contributed by atoms with Crippen molar-refractivity contribution in [3.63, 3.8) is 0 Å². The van der Waals surface area contributed by atoms with Gasteiger partial charge in [0, 0.05) is 26.9 Å². The Morgan fingerprint density at radius 2 is 1.85 bits per heavy atom. The van der Waals surface area contributed by atoms with Crippen molar-refractivity contribution in [3.8, 4) is 10.4 Å². The maximum Gasteiger partial charge on any atom is 0.290 e. The highest BCUT2D eigenvalue weighted by atomic mass is 32.2. The van der Waals surface area contributed by atoms with E-state index in [0.29, 0.717) is 9.44 Å². The number of benzene rings is 1. The first-order chi connectivity index (χ1) is 16.5. The molecule has 9 heteroatoms. The number of carbonyl (C=O) groups is 2. The normalized spacial score (nSPS) is 17.6. The summed E-state index contributed by atoms with van der Waals surface area (Å²) in [6.07, 6.45) is 8.78. The van der Waals surface area contributed by atoms with E-state index in [0.717, 1.165) is 61.1 Å². The lowest BCUT2D eigenvalue weighted by atomic mass is 9.94. The van der Waals surface area contributed by atoms with Crippen LogP contribution in [0.5, 0.6) is 0 Å². The summed E-state index contributed by atoms with van der Waals surface area (Å²) in [5.41, 5.74) is 4.13. The zero-order valence-corrected chi connectivity index (χ0v) is 20.2. The molecule has 6 nitrogen and oxygen atoms in total. The average Bonchev–Trinajstić information content (AvgIpc) is 3.46. The molecule has 4 aromatic rings. The molecule has 1 aromatic carbocycles. The topological polar surface area (TPSA) is 91.9 Å². The van der Waals surface area contributed by atoms with Gasteiger partial charge in [-0.15, -0.1) is 22.7 Å². The molecule has 0 spiro atoms. The molecule has 2 amide bonds. The van der Waals surface area contributed by atoms with E-state index in [4.69, 9.17) is 0 Å². The van der Waals surface area contributed by atoms with Crippen molar-refractivity contribution >= 4 is 74.2 Å². The molecule has 1 saturated carbocycles. The Morgan fingerprint density at radius 3 is 2.62 bits per heavy atom. The molecule has 1 aliphatic carbocycles. The van der Waals surface area contributed by atoms with E-state index < -0.39 is 0 Å². The zero-order chi connectivity index (χ0) is 23.2. The van der Waals surface area contributed by atoms with Gasteiger partial charge in [0.2, 0.25) is 0 Å². The fourth-order valence-corrected chi connectivity index (χ4v) is 6.72. The SMILES string of the molecule is O=C1NC(=O)/C(=C/c2ccc(-c3ccnc4ccc(/C=c5\sc(=C6CCC6)[nH]c5=O)cc34)s2)S1. The van der Waals surface area contributed by atoms with Crippen molar-refractivity contribution in [1.82, 2.24) is 15.3 Å². The Labute approximate surface area is 205 Å². The summed E-state index contributed by atoms with van der Waals surface area (Å²) in [6, 6.07) is 11.9. The van der Waals surface area contributed by atoms with Crippen LogP contribution in [0.4, 0.5) is 4.79 Å². The van der Waals surface area contributed by atoms with Crippen LogP contribution in [0.1, 0.15) is 29.7 Å². The predicted molar refractivity (Wildman–Crippen MR) is 139 cm³/mol. The molecule has 2 fully saturated rings. The fourth-order valence-electron chi connectivity index (χ4n) is 3.93. The number of imide groups is 1. The lowest BCUT2D eigenvalue weighted by Gasteiger charge is -2.13. The Balaban J connectivity index is 1.40. The van der Waals surface area contributed by atoms with Crippen LogP contribution < -0.4 is 20.1 Å². The molecule has 0 radical (unpaired) electrons. The summed E-state index contributed by atoms with van der Waals surface area (Å²) in [7, 11) is 0. The smallest absolute Gasteiger partial charge is 0.290 e. The van der Waals surface area contributed by atoms with Crippen molar-refractivity contribution in [2.75, 3.05) is 0 Å². The Morgan fingerprint density at radius 1 is 0.971 bits per heavy atom. The van der Waals surface area contributed by atoms with Crippen LogP contribution in [0, 0.1) is 0 Å². The van der Waals surface area contributed by atoms with E-state index in [1.165, 1.54) is 23.3 Å². The molecule has 2 N–H and O–H groups in total. The Hall–Kier alpha value is -3.27. The van der Waals surface area contributed by atoms with Gasteiger partial charge in [-0.25, -0.2) is 0 Å². The van der Waals surface area contributed by atoms with Crippen LogP contribution >= 0.6 is 34.4 Å². The number of hydrogen-bond acceptors (Lipinski definition) is 7. The first-order valence-electron chi connectivity index (χ1n) is 10.7. The maximum absolute atomic E-state index is 12.5. The molecular weight excluding hydrogens is 486 g/mol.